The molecular formula is C31H37FN2O2. The Morgan fingerprint density at radius 1 is 0.972 bits per heavy atom. The summed E-state index contributed by atoms with van der Waals surface area (Å²) in [5, 5.41) is 0. The number of pyridine rings is 1. The second-order valence-electron chi connectivity index (χ2n) is 10.3. The number of aromatic nitrogens is 1. The molecule has 4 nitrogen and oxygen atoms in total. The summed E-state index contributed by atoms with van der Waals surface area (Å²) in [6.07, 6.45) is 6.90. The third-order valence-electron chi connectivity index (χ3n) is 6.55. The van der Waals surface area contributed by atoms with Gasteiger partial charge in [-0.15, -0.1) is 0 Å². The number of piperidine rings is 1. The Bertz CT molecular complexity index is 1120. The second kappa shape index (κ2) is 12.8. The molecule has 1 fully saturated rings. The van der Waals surface area contributed by atoms with Crippen LogP contribution in [0.5, 0.6) is 5.75 Å². The molecule has 2 heterocycles. The van der Waals surface area contributed by atoms with Gasteiger partial charge in [-0.25, -0.2) is 4.39 Å². The van der Waals surface area contributed by atoms with E-state index in [2.05, 4.69) is 34.1 Å². The van der Waals surface area contributed by atoms with Crippen molar-refractivity contribution in [1.82, 2.24) is 9.88 Å². The van der Waals surface area contributed by atoms with Crippen molar-refractivity contribution < 1.29 is 13.9 Å². The molecule has 0 saturated carbocycles. The van der Waals surface area contributed by atoms with Crippen molar-refractivity contribution in [2.75, 3.05) is 19.7 Å². The normalized spacial score (nSPS) is 14.2. The highest BCUT2D eigenvalue weighted by Crippen LogP contribution is 2.22. The summed E-state index contributed by atoms with van der Waals surface area (Å²) in [6, 6.07) is 17.3. The lowest BCUT2D eigenvalue weighted by atomic mass is 10.0. The Labute approximate surface area is 214 Å². The van der Waals surface area contributed by atoms with Crippen molar-refractivity contribution in [1.29, 1.82) is 0 Å². The van der Waals surface area contributed by atoms with Crippen LogP contribution >= 0.6 is 0 Å². The third kappa shape index (κ3) is 7.99. The molecule has 5 heteroatoms. The number of ketones is 1. The highest BCUT2D eigenvalue weighted by Gasteiger charge is 2.11. The molecule has 1 aromatic heterocycles. The Morgan fingerprint density at radius 3 is 2.42 bits per heavy atom. The summed E-state index contributed by atoms with van der Waals surface area (Å²) in [5.41, 5.74) is 5.04. The van der Waals surface area contributed by atoms with Crippen LogP contribution in [0.4, 0.5) is 4.39 Å². The fourth-order valence-corrected chi connectivity index (χ4v) is 4.56. The number of hydrogen-bond donors (Lipinski definition) is 0. The van der Waals surface area contributed by atoms with Gasteiger partial charge in [0.1, 0.15) is 17.3 Å². The first-order valence-electron chi connectivity index (χ1n) is 13.1. The largest absolute Gasteiger partial charge is 0.493 e. The third-order valence-corrected chi connectivity index (χ3v) is 6.55. The zero-order valence-electron chi connectivity index (χ0n) is 21.5. The summed E-state index contributed by atoms with van der Waals surface area (Å²) < 4.78 is 19.6. The Kier molecular flexibility index (Phi) is 9.23. The standard InChI is InChI=1S/C31H37FN2O2/c1-23(2)22-36-31-17-25(16-28(32)18-31)8-13-30(35)19-29-12-11-27(20-33-29)26-9-6-24(7-10-26)21-34-14-4-3-5-15-34/h6-7,9-12,16-18,20,23H,3-5,8,13-15,19,21-22H2,1-2H3. The number of carbonyl (C=O) groups is 1. The van der Waals surface area contributed by atoms with E-state index in [0.717, 1.165) is 28.9 Å². The number of likely N-dealkylation sites (tertiary alicyclic amines) is 1. The van der Waals surface area contributed by atoms with Crippen LogP contribution in [0.1, 0.15) is 56.4 Å². The molecule has 0 N–H and O–H groups in total. The number of hydrogen-bond acceptors (Lipinski definition) is 4. The lowest BCUT2D eigenvalue weighted by Gasteiger charge is -2.26. The average molecular weight is 489 g/mol. The van der Waals surface area contributed by atoms with Gasteiger partial charge in [0.05, 0.1) is 6.61 Å². The van der Waals surface area contributed by atoms with Crippen LogP contribution in [-0.2, 0) is 24.2 Å². The number of ether oxygens (including phenoxy) is 1. The molecule has 1 aliphatic rings. The minimum Gasteiger partial charge on any atom is -0.493 e. The molecule has 0 radical (unpaired) electrons. The van der Waals surface area contributed by atoms with Gasteiger partial charge in [0, 0.05) is 42.9 Å². The lowest BCUT2D eigenvalue weighted by Crippen LogP contribution is -2.28. The molecule has 4 rings (SSSR count). The van der Waals surface area contributed by atoms with E-state index < -0.39 is 0 Å². The minimum atomic E-state index is -0.338. The van der Waals surface area contributed by atoms with Gasteiger partial charge in [0.2, 0.25) is 0 Å². The van der Waals surface area contributed by atoms with E-state index >= 15 is 0 Å². The minimum absolute atomic E-state index is 0.0891. The summed E-state index contributed by atoms with van der Waals surface area (Å²) in [6.45, 7) is 8.04. The molecule has 0 spiro atoms. The molecule has 2 aromatic carbocycles. The first-order valence-corrected chi connectivity index (χ1v) is 13.1. The van der Waals surface area contributed by atoms with Crippen molar-refractivity contribution in [2.24, 2.45) is 5.92 Å². The molecule has 0 unspecified atom stereocenters. The Morgan fingerprint density at radius 2 is 1.72 bits per heavy atom. The molecule has 1 saturated heterocycles. The second-order valence-corrected chi connectivity index (χ2v) is 10.3. The van der Waals surface area contributed by atoms with E-state index in [1.54, 1.807) is 0 Å². The predicted octanol–water partition coefficient (Wildman–Crippen LogP) is 6.65. The molecule has 3 aromatic rings. The number of benzene rings is 2. The fraction of sp³-hybridized carbons (Fsp3) is 0.419. The number of halogens is 1. The zero-order valence-corrected chi connectivity index (χ0v) is 21.5. The van der Waals surface area contributed by atoms with Crippen molar-refractivity contribution in [3.05, 3.63) is 83.4 Å². The molecule has 190 valence electrons. The van der Waals surface area contributed by atoms with Crippen LogP contribution in [0.15, 0.2) is 60.8 Å². The number of nitrogens with zero attached hydrogens (tertiary/aromatic N) is 2. The summed E-state index contributed by atoms with van der Waals surface area (Å²) in [4.78, 5) is 19.6. The van der Waals surface area contributed by atoms with Crippen molar-refractivity contribution in [2.45, 2.75) is 58.9 Å². The number of aryl methyl sites for hydroxylation is 1. The van der Waals surface area contributed by atoms with E-state index in [0.29, 0.717) is 31.1 Å². The predicted molar refractivity (Wildman–Crippen MR) is 143 cm³/mol. The van der Waals surface area contributed by atoms with Crippen molar-refractivity contribution in [3.63, 3.8) is 0 Å². The maximum Gasteiger partial charge on any atom is 0.139 e. The first kappa shape index (κ1) is 26.0. The van der Waals surface area contributed by atoms with Crippen LogP contribution in [0, 0.1) is 11.7 Å². The quantitative estimate of drug-likeness (QED) is 0.303. The SMILES string of the molecule is CC(C)COc1cc(F)cc(CCC(=O)Cc2ccc(-c3ccc(CN4CCCCC4)cc3)cn2)c1. The van der Waals surface area contributed by atoms with Gasteiger partial charge in [-0.2, -0.15) is 0 Å². The van der Waals surface area contributed by atoms with Crippen LogP contribution in [0.3, 0.4) is 0 Å². The molecular weight excluding hydrogens is 451 g/mol. The first-order chi connectivity index (χ1) is 17.4. The monoisotopic (exact) mass is 488 g/mol. The maximum atomic E-state index is 14.0. The van der Waals surface area contributed by atoms with Gasteiger partial charge >= 0.3 is 0 Å². The molecule has 0 aliphatic carbocycles. The molecule has 1 aliphatic heterocycles. The zero-order chi connectivity index (χ0) is 25.3. The van der Waals surface area contributed by atoms with Crippen LogP contribution < -0.4 is 4.74 Å². The molecule has 0 bridgehead atoms. The Hall–Kier alpha value is -3.05. The smallest absolute Gasteiger partial charge is 0.139 e. The highest BCUT2D eigenvalue weighted by molar-refractivity contribution is 5.80. The van der Waals surface area contributed by atoms with E-state index in [1.165, 1.54) is 50.0 Å². The van der Waals surface area contributed by atoms with Crippen LogP contribution in [0.2, 0.25) is 0 Å². The van der Waals surface area contributed by atoms with Gasteiger partial charge in [0.15, 0.2) is 0 Å². The van der Waals surface area contributed by atoms with Gasteiger partial charge < -0.3 is 4.74 Å². The Balaban J connectivity index is 1.27. The van der Waals surface area contributed by atoms with Gasteiger partial charge in [0.25, 0.3) is 0 Å². The summed E-state index contributed by atoms with van der Waals surface area (Å²) in [5.74, 6) is 0.630. The number of Topliss-reactive ketones (excluding diaryl/α,β-unsaturated/α-hetero) is 1. The van der Waals surface area contributed by atoms with Gasteiger partial charge in [-0.3, -0.25) is 14.7 Å². The van der Waals surface area contributed by atoms with Gasteiger partial charge in [-0.05, 0) is 73.2 Å². The van der Waals surface area contributed by atoms with Crippen LogP contribution in [-0.4, -0.2) is 35.4 Å². The molecule has 0 amide bonds. The van der Waals surface area contributed by atoms with E-state index in [4.69, 9.17) is 4.74 Å². The highest BCUT2D eigenvalue weighted by atomic mass is 19.1. The van der Waals surface area contributed by atoms with E-state index in [-0.39, 0.29) is 18.0 Å². The lowest BCUT2D eigenvalue weighted by molar-refractivity contribution is -0.118. The average Bonchev–Trinajstić information content (AvgIpc) is 2.88. The van der Waals surface area contributed by atoms with Gasteiger partial charge in [-0.1, -0.05) is 50.6 Å². The van der Waals surface area contributed by atoms with Crippen LogP contribution in [0.25, 0.3) is 11.1 Å². The molecule has 0 atom stereocenters. The van der Waals surface area contributed by atoms with E-state index in [9.17, 15) is 9.18 Å². The van der Waals surface area contributed by atoms with Crippen molar-refractivity contribution in [3.8, 4) is 16.9 Å². The molecule has 36 heavy (non-hydrogen) atoms. The summed E-state index contributed by atoms with van der Waals surface area (Å²) >= 11 is 0. The summed E-state index contributed by atoms with van der Waals surface area (Å²) in [7, 11) is 0. The topological polar surface area (TPSA) is 42.4 Å². The number of rotatable bonds is 11. The van der Waals surface area contributed by atoms with Crippen molar-refractivity contribution >= 4 is 5.78 Å². The maximum absolute atomic E-state index is 14.0. The fourth-order valence-electron chi connectivity index (χ4n) is 4.56. The van der Waals surface area contributed by atoms with E-state index in [1.807, 2.05) is 38.2 Å². The number of carbonyl (C=O) groups excluding carboxylic acids is 1.